The van der Waals surface area contributed by atoms with Crippen LogP contribution in [-0.4, -0.2) is 25.6 Å². The number of amides is 1. The van der Waals surface area contributed by atoms with Gasteiger partial charge < -0.3 is 14.8 Å². The lowest BCUT2D eigenvalue weighted by atomic mass is 10.1. The molecule has 0 aliphatic heterocycles. The molecule has 0 aromatic heterocycles. The van der Waals surface area contributed by atoms with Gasteiger partial charge in [-0.3, -0.25) is 9.59 Å². The smallest absolute Gasteiger partial charge is 0.416 e. The van der Waals surface area contributed by atoms with Crippen LogP contribution >= 0.6 is 11.6 Å². The minimum Gasteiger partial charge on any atom is -0.495 e. The third-order valence-corrected chi connectivity index (χ3v) is 4.13. The second-order valence-corrected chi connectivity index (χ2v) is 6.29. The van der Waals surface area contributed by atoms with E-state index in [2.05, 4.69) is 5.32 Å². The van der Waals surface area contributed by atoms with E-state index in [4.69, 9.17) is 21.1 Å². The lowest BCUT2D eigenvalue weighted by molar-refractivity contribution is -0.146. The molecule has 28 heavy (non-hydrogen) atoms. The van der Waals surface area contributed by atoms with E-state index in [9.17, 15) is 22.8 Å². The van der Waals surface area contributed by atoms with Gasteiger partial charge in [-0.25, -0.2) is 0 Å². The maximum atomic E-state index is 12.7. The number of anilines is 1. The normalized spacial score (nSPS) is 11.1. The molecule has 1 amide bonds. The van der Waals surface area contributed by atoms with Gasteiger partial charge in [0.2, 0.25) is 0 Å². The van der Waals surface area contributed by atoms with Crippen molar-refractivity contribution in [1.82, 2.24) is 0 Å². The molecule has 150 valence electrons. The molecule has 0 saturated carbocycles. The van der Waals surface area contributed by atoms with E-state index in [0.717, 1.165) is 12.1 Å². The van der Waals surface area contributed by atoms with Crippen molar-refractivity contribution in [2.75, 3.05) is 19.0 Å². The highest BCUT2D eigenvalue weighted by Crippen LogP contribution is 2.31. The van der Waals surface area contributed by atoms with E-state index in [1.165, 1.54) is 25.3 Å². The van der Waals surface area contributed by atoms with Crippen LogP contribution in [0.25, 0.3) is 0 Å². The molecule has 0 saturated heterocycles. The molecule has 2 aromatic carbocycles. The number of esters is 1. The molecule has 0 fully saturated rings. The molecule has 2 aromatic rings. The van der Waals surface area contributed by atoms with Crippen molar-refractivity contribution >= 4 is 29.2 Å². The van der Waals surface area contributed by atoms with E-state index in [1.54, 1.807) is 13.0 Å². The summed E-state index contributed by atoms with van der Waals surface area (Å²) in [5.74, 6) is -1.12. The molecule has 9 heteroatoms. The standard InChI is InChI=1S/C19H17ClF3NO4/c1-11-6-15(16(27-2)9-14(11)20)24-17(25)10-28-18(26)8-12-4-3-5-13(7-12)19(21,22)23/h3-7,9H,8,10H2,1-2H3,(H,24,25). The lowest BCUT2D eigenvalue weighted by Gasteiger charge is -2.12. The molecule has 0 radical (unpaired) electrons. The summed E-state index contributed by atoms with van der Waals surface area (Å²) < 4.78 is 48.0. The van der Waals surface area contributed by atoms with Crippen LogP contribution in [0.1, 0.15) is 16.7 Å². The van der Waals surface area contributed by atoms with Crippen LogP contribution in [0, 0.1) is 6.92 Å². The Balaban J connectivity index is 1.93. The number of halogens is 4. The Morgan fingerprint density at radius 2 is 1.89 bits per heavy atom. The molecule has 0 bridgehead atoms. The first-order valence-corrected chi connectivity index (χ1v) is 8.43. The highest BCUT2D eigenvalue weighted by Gasteiger charge is 2.30. The van der Waals surface area contributed by atoms with Gasteiger partial charge in [-0.1, -0.05) is 29.8 Å². The average molecular weight is 416 g/mol. The van der Waals surface area contributed by atoms with Gasteiger partial charge in [0.05, 0.1) is 24.8 Å². The zero-order valence-electron chi connectivity index (χ0n) is 15.0. The number of methoxy groups -OCH3 is 1. The summed E-state index contributed by atoms with van der Waals surface area (Å²) in [7, 11) is 1.41. The molecule has 0 atom stereocenters. The van der Waals surface area contributed by atoms with E-state index >= 15 is 0 Å². The summed E-state index contributed by atoms with van der Waals surface area (Å²) in [6, 6.07) is 7.48. The molecule has 0 unspecified atom stereocenters. The molecule has 1 N–H and O–H groups in total. The number of benzene rings is 2. The number of aryl methyl sites for hydroxylation is 1. The Kier molecular flexibility index (Phi) is 6.90. The summed E-state index contributed by atoms with van der Waals surface area (Å²) in [6.07, 6.45) is -4.89. The predicted octanol–water partition coefficient (Wildman–Crippen LogP) is 4.40. The quantitative estimate of drug-likeness (QED) is 0.710. The minimum atomic E-state index is -4.50. The van der Waals surface area contributed by atoms with E-state index in [-0.39, 0.29) is 12.0 Å². The Bertz CT molecular complexity index is 884. The fraction of sp³-hybridized carbons (Fsp3) is 0.263. The van der Waals surface area contributed by atoms with Gasteiger partial charge in [-0.2, -0.15) is 13.2 Å². The molecular formula is C19H17ClF3NO4. The van der Waals surface area contributed by atoms with Crippen molar-refractivity contribution in [1.29, 1.82) is 0 Å². The second-order valence-electron chi connectivity index (χ2n) is 5.89. The first kappa shape index (κ1) is 21.6. The average Bonchev–Trinajstić information content (AvgIpc) is 2.62. The van der Waals surface area contributed by atoms with E-state index in [1.807, 2.05) is 0 Å². The third kappa shape index (κ3) is 5.88. The molecule has 2 rings (SSSR count). The van der Waals surface area contributed by atoms with Crippen molar-refractivity contribution in [2.24, 2.45) is 0 Å². The van der Waals surface area contributed by atoms with Crippen molar-refractivity contribution in [3.63, 3.8) is 0 Å². The zero-order valence-corrected chi connectivity index (χ0v) is 15.8. The van der Waals surface area contributed by atoms with Crippen LogP contribution in [-0.2, 0) is 26.9 Å². The Labute approximate surface area is 164 Å². The van der Waals surface area contributed by atoms with Crippen LogP contribution < -0.4 is 10.1 Å². The van der Waals surface area contributed by atoms with Crippen LogP contribution in [0.4, 0.5) is 18.9 Å². The van der Waals surface area contributed by atoms with Gasteiger partial charge in [-0.15, -0.1) is 0 Å². The fourth-order valence-electron chi connectivity index (χ4n) is 2.34. The number of nitrogens with one attached hydrogen (secondary N) is 1. The summed E-state index contributed by atoms with van der Waals surface area (Å²) in [6.45, 7) is 1.15. The highest BCUT2D eigenvalue weighted by molar-refractivity contribution is 6.31. The maximum absolute atomic E-state index is 12.7. The van der Waals surface area contributed by atoms with Gasteiger partial charge in [-0.05, 0) is 30.2 Å². The topological polar surface area (TPSA) is 64.6 Å². The van der Waals surface area contributed by atoms with Crippen molar-refractivity contribution in [3.05, 3.63) is 58.1 Å². The zero-order chi connectivity index (χ0) is 20.9. The predicted molar refractivity (Wildman–Crippen MR) is 97.5 cm³/mol. The number of carbonyl (C=O) groups is 2. The third-order valence-electron chi connectivity index (χ3n) is 3.72. The van der Waals surface area contributed by atoms with Gasteiger partial charge in [0.25, 0.3) is 5.91 Å². The van der Waals surface area contributed by atoms with Crippen LogP contribution in [0.2, 0.25) is 5.02 Å². The number of rotatable bonds is 6. The number of ether oxygens (including phenoxy) is 2. The van der Waals surface area contributed by atoms with Crippen molar-refractivity contribution < 1.29 is 32.2 Å². The Morgan fingerprint density at radius 3 is 2.54 bits per heavy atom. The van der Waals surface area contributed by atoms with Gasteiger partial charge in [0.1, 0.15) is 5.75 Å². The Morgan fingerprint density at radius 1 is 1.18 bits per heavy atom. The summed E-state index contributed by atoms with van der Waals surface area (Å²) in [4.78, 5) is 23.8. The van der Waals surface area contributed by atoms with Gasteiger partial charge in [0.15, 0.2) is 6.61 Å². The largest absolute Gasteiger partial charge is 0.495 e. The minimum absolute atomic E-state index is 0.134. The molecule has 0 heterocycles. The Hall–Kier alpha value is -2.74. The fourth-order valence-corrected chi connectivity index (χ4v) is 2.49. The maximum Gasteiger partial charge on any atom is 0.416 e. The second kappa shape index (κ2) is 8.97. The molecular weight excluding hydrogens is 399 g/mol. The van der Waals surface area contributed by atoms with Crippen molar-refractivity contribution in [2.45, 2.75) is 19.5 Å². The van der Waals surface area contributed by atoms with E-state index < -0.39 is 30.2 Å². The number of hydrogen-bond acceptors (Lipinski definition) is 4. The summed E-state index contributed by atoms with van der Waals surface area (Å²) in [5.41, 5.74) is 0.332. The summed E-state index contributed by atoms with van der Waals surface area (Å²) >= 11 is 5.99. The van der Waals surface area contributed by atoms with Gasteiger partial charge >= 0.3 is 12.1 Å². The molecule has 5 nitrogen and oxygen atoms in total. The van der Waals surface area contributed by atoms with Crippen LogP contribution in [0.3, 0.4) is 0 Å². The van der Waals surface area contributed by atoms with Crippen LogP contribution in [0.5, 0.6) is 5.75 Å². The summed E-state index contributed by atoms with van der Waals surface area (Å²) in [5, 5.41) is 2.99. The van der Waals surface area contributed by atoms with E-state index in [0.29, 0.717) is 22.0 Å². The van der Waals surface area contributed by atoms with Crippen LogP contribution in [0.15, 0.2) is 36.4 Å². The number of hydrogen-bond donors (Lipinski definition) is 1. The first-order valence-electron chi connectivity index (χ1n) is 8.06. The lowest BCUT2D eigenvalue weighted by Crippen LogP contribution is -2.22. The number of alkyl halides is 3. The number of carbonyl (C=O) groups excluding carboxylic acids is 2. The SMILES string of the molecule is COc1cc(Cl)c(C)cc1NC(=O)COC(=O)Cc1cccc(C(F)(F)F)c1. The van der Waals surface area contributed by atoms with Crippen molar-refractivity contribution in [3.8, 4) is 5.75 Å². The highest BCUT2D eigenvalue weighted by atomic mass is 35.5. The molecule has 0 aliphatic carbocycles. The molecule has 0 spiro atoms. The van der Waals surface area contributed by atoms with Gasteiger partial charge in [0, 0.05) is 11.1 Å². The molecule has 0 aliphatic rings. The monoisotopic (exact) mass is 415 g/mol. The first-order chi connectivity index (χ1) is 13.1.